The number of urea groups is 1. The van der Waals surface area contributed by atoms with Crippen molar-refractivity contribution in [3.8, 4) is 11.5 Å². The fraction of sp³-hybridized carbons (Fsp3) is 0.240. The molecule has 0 atom stereocenters. The fourth-order valence-corrected chi connectivity index (χ4v) is 4.45. The molecule has 0 saturated carbocycles. The number of amides is 2. The van der Waals surface area contributed by atoms with E-state index in [0.717, 1.165) is 10.0 Å². The number of ether oxygens (including phenoxy) is 1. The predicted molar refractivity (Wildman–Crippen MR) is 145 cm³/mol. The first-order valence-electron chi connectivity index (χ1n) is 10.5. The van der Waals surface area contributed by atoms with Crippen molar-refractivity contribution in [2.45, 2.75) is 25.1 Å². The average Bonchev–Trinajstić information content (AvgIpc) is 2.77. The number of nitrogens with one attached hydrogen (secondary N) is 1. The summed E-state index contributed by atoms with van der Waals surface area (Å²) in [5, 5.41) is 3.68. The third-order valence-electron chi connectivity index (χ3n) is 5.66. The Kier molecular flexibility index (Phi) is 8.42. The molecule has 0 spiro atoms. The third kappa shape index (κ3) is 6.70. The van der Waals surface area contributed by atoms with Gasteiger partial charge < -0.3 is 15.0 Å². The fourth-order valence-electron chi connectivity index (χ4n) is 3.11. The van der Waals surface area contributed by atoms with Gasteiger partial charge in [0, 0.05) is 36.1 Å². The van der Waals surface area contributed by atoms with Crippen LogP contribution in [0.2, 0.25) is 10.0 Å². The molecule has 2 amide bonds. The second-order valence-corrected chi connectivity index (χ2v) is 12.8. The number of halogens is 3. The molecule has 3 rings (SSSR count). The number of sulfone groups is 1. The predicted octanol–water partition coefficient (Wildman–Crippen LogP) is 7.49. The lowest BCUT2D eigenvalue weighted by Gasteiger charge is -2.23. The molecule has 1 N–H and O–H groups in total. The molecule has 3 aromatic rings. The van der Waals surface area contributed by atoms with Gasteiger partial charge >= 0.3 is 6.03 Å². The second-order valence-electron chi connectivity index (χ2n) is 8.58. The van der Waals surface area contributed by atoms with Crippen molar-refractivity contribution in [1.29, 1.82) is 0 Å². The summed E-state index contributed by atoms with van der Waals surface area (Å²) >= 11 is 15.5. The smallest absolute Gasteiger partial charge is 0.321 e. The van der Waals surface area contributed by atoms with E-state index in [9.17, 15) is 13.2 Å². The Morgan fingerprint density at radius 3 is 2.17 bits per heavy atom. The topological polar surface area (TPSA) is 75.7 Å². The summed E-state index contributed by atoms with van der Waals surface area (Å²) in [6.07, 6.45) is 1.21. The molecule has 0 unspecified atom stereocenters. The minimum Gasteiger partial charge on any atom is -0.457 e. The highest BCUT2D eigenvalue weighted by Gasteiger charge is 2.32. The highest BCUT2D eigenvalue weighted by atomic mass is 79.9. The number of rotatable bonds is 7. The van der Waals surface area contributed by atoms with E-state index in [4.69, 9.17) is 27.9 Å². The van der Waals surface area contributed by atoms with Crippen LogP contribution in [0.5, 0.6) is 11.5 Å². The van der Waals surface area contributed by atoms with Gasteiger partial charge in [-0.05, 0) is 61.4 Å². The van der Waals surface area contributed by atoms with Crippen LogP contribution in [-0.2, 0) is 21.1 Å². The number of anilines is 1. The molecule has 10 heteroatoms. The van der Waals surface area contributed by atoms with Crippen LogP contribution in [0.3, 0.4) is 0 Å². The van der Waals surface area contributed by atoms with Gasteiger partial charge in [-0.3, -0.25) is 0 Å². The molecule has 0 aliphatic carbocycles. The van der Waals surface area contributed by atoms with E-state index in [1.165, 1.54) is 11.2 Å². The standard InChI is InChI=1S/C25H25BrCl2N2O4S/c1-25(2,35(4,32)33)17-6-8-18(9-7-17)29-24(31)30(3)15-16-5-10-19(13-21(16)26)34-20-11-12-22(27)23(28)14-20/h5-14H,15H2,1-4H3,(H,29,31). The van der Waals surface area contributed by atoms with Gasteiger partial charge in [-0.2, -0.15) is 0 Å². The number of carbonyl (C=O) groups is 1. The van der Waals surface area contributed by atoms with Crippen LogP contribution in [0.4, 0.5) is 10.5 Å². The number of benzene rings is 3. The summed E-state index contributed by atoms with van der Waals surface area (Å²) in [6.45, 7) is 3.66. The molecule has 0 radical (unpaired) electrons. The molecule has 3 aromatic carbocycles. The summed E-state index contributed by atoms with van der Waals surface area (Å²) in [5.74, 6) is 1.16. The van der Waals surface area contributed by atoms with E-state index in [1.807, 2.05) is 12.1 Å². The Bertz CT molecular complexity index is 1350. The van der Waals surface area contributed by atoms with E-state index in [1.54, 1.807) is 69.4 Å². The van der Waals surface area contributed by atoms with Crippen molar-refractivity contribution >= 4 is 60.7 Å². The number of nitrogens with zero attached hydrogens (tertiary/aromatic N) is 1. The number of hydrogen-bond donors (Lipinski definition) is 1. The van der Waals surface area contributed by atoms with Gasteiger partial charge in [-0.1, -0.05) is 57.3 Å². The number of carbonyl (C=O) groups excluding carboxylic acids is 1. The minimum absolute atomic E-state index is 0.303. The van der Waals surface area contributed by atoms with E-state index in [-0.39, 0.29) is 6.03 Å². The van der Waals surface area contributed by atoms with Crippen molar-refractivity contribution in [2.24, 2.45) is 0 Å². The molecular weight excluding hydrogens is 575 g/mol. The average molecular weight is 600 g/mol. The maximum Gasteiger partial charge on any atom is 0.321 e. The lowest BCUT2D eigenvalue weighted by molar-refractivity contribution is 0.220. The zero-order valence-corrected chi connectivity index (χ0v) is 23.5. The van der Waals surface area contributed by atoms with Crippen LogP contribution in [0, 0.1) is 0 Å². The summed E-state index contributed by atoms with van der Waals surface area (Å²) in [4.78, 5) is 14.2. The second kappa shape index (κ2) is 10.8. The van der Waals surface area contributed by atoms with E-state index in [0.29, 0.717) is 39.3 Å². The Balaban J connectivity index is 1.63. The summed E-state index contributed by atoms with van der Waals surface area (Å²) in [5.41, 5.74) is 2.10. The molecule has 0 heterocycles. The summed E-state index contributed by atoms with van der Waals surface area (Å²) in [7, 11) is -1.60. The van der Waals surface area contributed by atoms with Gasteiger partial charge in [-0.25, -0.2) is 13.2 Å². The van der Waals surface area contributed by atoms with Crippen LogP contribution in [0.1, 0.15) is 25.0 Å². The molecule has 0 aromatic heterocycles. The molecule has 0 aliphatic rings. The van der Waals surface area contributed by atoms with Crippen LogP contribution in [0.25, 0.3) is 0 Å². The monoisotopic (exact) mass is 598 g/mol. The van der Waals surface area contributed by atoms with Gasteiger partial charge in [0.2, 0.25) is 0 Å². The number of hydrogen-bond acceptors (Lipinski definition) is 4. The maximum absolute atomic E-state index is 12.7. The summed E-state index contributed by atoms with van der Waals surface area (Å²) < 4.78 is 29.7. The van der Waals surface area contributed by atoms with Crippen molar-refractivity contribution in [3.63, 3.8) is 0 Å². The van der Waals surface area contributed by atoms with Gasteiger partial charge in [-0.15, -0.1) is 0 Å². The van der Waals surface area contributed by atoms with Crippen molar-refractivity contribution in [3.05, 3.63) is 86.3 Å². The largest absolute Gasteiger partial charge is 0.457 e. The van der Waals surface area contributed by atoms with Crippen molar-refractivity contribution in [1.82, 2.24) is 4.90 Å². The highest BCUT2D eigenvalue weighted by molar-refractivity contribution is 9.10. The minimum atomic E-state index is -3.29. The first-order chi connectivity index (χ1) is 16.3. The Morgan fingerprint density at radius 1 is 1.00 bits per heavy atom. The normalized spacial score (nSPS) is 11.7. The van der Waals surface area contributed by atoms with Crippen LogP contribution >= 0.6 is 39.1 Å². The Labute approximate surface area is 224 Å². The zero-order valence-electron chi connectivity index (χ0n) is 19.6. The summed E-state index contributed by atoms with van der Waals surface area (Å²) in [6, 6.07) is 17.0. The van der Waals surface area contributed by atoms with Crippen molar-refractivity contribution < 1.29 is 17.9 Å². The van der Waals surface area contributed by atoms with E-state index in [2.05, 4.69) is 21.2 Å². The lowest BCUT2D eigenvalue weighted by atomic mass is 10.0. The molecule has 0 bridgehead atoms. The SMILES string of the molecule is CN(Cc1ccc(Oc2ccc(Cl)c(Cl)c2)cc1Br)C(=O)Nc1ccc(C(C)(C)S(C)(=O)=O)cc1. The molecule has 0 aliphatic heterocycles. The van der Waals surface area contributed by atoms with Gasteiger partial charge in [0.05, 0.1) is 14.8 Å². The van der Waals surface area contributed by atoms with Gasteiger partial charge in [0.15, 0.2) is 9.84 Å². The molecule has 6 nitrogen and oxygen atoms in total. The molecule has 0 fully saturated rings. The van der Waals surface area contributed by atoms with Crippen LogP contribution < -0.4 is 10.1 Å². The Morgan fingerprint density at radius 2 is 1.60 bits per heavy atom. The maximum atomic E-state index is 12.7. The van der Waals surface area contributed by atoms with Crippen molar-refractivity contribution in [2.75, 3.05) is 18.6 Å². The first kappa shape index (κ1) is 27.3. The molecule has 35 heavy (non-hydrogen) atoms. The highest BCUT2D eigenvalue weighted by Crippen LogP contribution is 2.32. The lowest BCUT2D eigenvalue weighted by Crippen LogP contribution is -2.31. The Hall–Kier alpha value is -2.26. The van der Waals surface area contributed by atoms with Gasteiger partial charge in [0.1, 0.15) is 11.5 Å². The zero-order chi connectivity index (χ0) is 26.0. The van der Waals surface area contributed by atoms with E-state index < -0.39 is 14.6 Å². The van der Waals surface area contributed by atoms with Crippen LogP contribution in [0.15, 0.2) is 65.1 Å². The van der Waals surface area contributed by atoms with E-state index >= 15 is 0 Å². The molecular formula is C25H25BrCl2N2O4S. The third-order valence-corrected chi connectivity index (χ3v) is 9.23. The first-order valence-corrected chi connectivity index (χ1v) is 14.0. The quantitative estimate of drug-likeness (QED) is 0.305. The van der Waals surface area contributed by atoms with Crippen LogP contribution in [-0.4, -0.2) is 32.7 Å². The van der Waals surface area contributed by atoms with Gasteiger partial charge in [0.25, 0.3) is 0 Å². The molecule has 186 valence electrons. The molecule has 0 saturated heterocycles.